The summed E-state index contributed by atoms with van der Waals surface area (Å²) in [5.41, 5.74) is 2.90. The summed E-state index contributed by atoms with van der Waals surface area (Å²) in [4.78, 5) is 17.5. The lowest BCUT2D eigenvalue weighted by molar-refractivity contribution is -0.134. The number of nitrogens with zero attached hydrogens (tertiary/aromatic N) is 1. The summed E-state index contributed by atoms with van der Waals surface area (Å²) in [6.45, 7) is 0.903. The van der Waals surface area contributed by atoms with Crippen LogP contribution in [0.1, 0.15) is 11.3 Å². The van der Waals surface area contributed by atoms with Gasteiger partial charge in [0.05, 0.1) is 11.6 Å². The molecule has 0 unspecified atom stereocenters. The highest BCUT2D eigenvalue weighted by atomic mass is 35.5. The maximum Gasteiger partial charge on any atom is 0.260 e. The van der Waals surface area contributed by atoms with Gasteiger partial charge in [0.2, 0.25) is 0 Å². The molecule has 1 aliphatic heterocycles. The Morgan fingerprint density at radius 1 is 1.23 bits per heavy atom. The molecule has 0 radical (unpaired) electrons. The van der Waals surface area contributed by atoms with E-state index in [1.165, 1.54) is 12.1 Å². The molecule has 7 heteroatoms. The summed E-state index contributed by atoms with van der Waals surface area (Å²) in [5, 5.41) is 1.76. The monoisotopic (exact) mass is 392 g/mol. The van der Waals surface area contributed by atoms with E-state index < -0.39 is 0 Å². The van der Waals surface area contributed by atoms with Crippen LogP contribution in [0.15, 0.2) is 36.4 Å². The fraction of sp³-hybridized carbons (Fsp3) is 0.211. The summed E-state index contributed by atoms with van der Waals surface area (Å²) in [7, 11) is 0. The molecule has 0 bridgehead atoms. The number of aromatic amines is 1. The van der Waals surface area contributed by atoms with Crippen LogP contribution in [-0.4, -0.2) is 28.9 Å². The molecule has 0 spiro atoms. The molecule has 26 heavy (non-hydrogen) atoms. The van der Waals surface area contributed by atoms with Crippen molar-refractivity contribution in [2.24, 2.45) is 0 Å². The first kappa shape index (κ1) is 17.2. The molecule has 2 heterocycles. The van der Waals surface area contributed by atoms with Crippen LogP contribution in [0.3, 0.4) is 0 Å². The first-order valence-electron chi connectivity index (χ1n) is 8.16. The second kappa shape index (κ2) is 6.82. The van der Waals surface area contributed by atoms with E-state index in [2.05, 4.69) is 4.98 Å². The number of carbonyl (C=O) groups is 1. The van der Waals surface area contributed by atoms with E-state index in [9.17, 15) is 9.18 Å². The first-order chi connectivity index (χ1) is 12.5. The molecule has 1 aliphatic rings. The molecule has 0 aliphatic carbocycles. The summed E-state index contributed by atoms with van der Waals surface area (Å²) in [6.07, 6.45) is 0.673. The summed E-state index contributed by atoms with van der Waals surface area (Å²) in [5.74, 6) is 0.0285. The summed E-state index contributed by atoms with van der Waals surface area (Å²) < 4.78 is 19.0. The second-order valence-corrected chi connectivity index (χ2v) is 7.04. The van der Waals surface area contributed by atoms with Crippen molar-refractivity contribution < 1.29 is 13.9 Å². The fourth-order valence-corrected chi connectivity index (χ4v) is 3.71. The van der Waals surface area contributed by atoms with E-state index in [1.54, 1.807) is 29.2 Å². The smallest absolute Gasteiger partial charge is 0.260 e. The van der Waals surface area contributed by atoms with Gasteiger partial charge in [0, 0.05) is 28.2 Å². The summed E-state index contributed by atoms with van der Waals surface area (Å²) in [6, 6.07) is 9.55. The molecule has 1 amide bonds. The largest absolute Gasteiger partial charge is 0.482 e. The van der Waals surface area contributed by atoms with Gasteiger partial charge in [0.15, 0.2) is 6.61 Å². The van der Waals surface area contributed by atoms with E-state index in [-0.39, 0.29) is 18.3 Å². The highest BCUT2D eigenvalue weighted by Crippen LogP contribution is 2.29. The Balaban J connectivity index is 1.46. The number of hydrogen-bond acceptors (Lipinski definition) is 2. The lowest BCUT2D eigenvalue weighted by Gasteiger charge is -2.27. The number of hydrogen-bond donors (Lipinski definition) is 1. The SMILES string of the molecule is O=C(COc1ccc(Cl)cc1Cl)N1CCc2c([nH]c3ccc(F)cc23)C1. The second-order valence-electron chi connectivity index (χ2n) is 6.20. The van der Waals surface area contributed by atoms with E-state index >= 15 is 0 Å². The highest BCUT2D eigenvalue weighted by Gasteiger charge is 2.24. The van der Waals surface area contributed by atoms with Gasteiger partial charge in [-0.3, -0.25) is 4.79 Å². The van der Waals surface area contributed by atoms with Crippen LogP contribution >= 0.6 is 23.2 Å². The number of ether oxygens (including phenoxy) is 1. The van der Waals surface area contributed by atoms with Gasteiger partial charge in [-0.15, -0.1) is 0 Å². The molecule has 0 atom stereocenters. The molecule has 0 saturated heterocycles. The van der Waals surface area contributed by atoms with Crippen molar-refractivity contribution in [2.75, 3.05) is 13.2 Å². The third-order valence-electron chi connectivity index (χ3n) is 4.54. The molecule has 0 fully saturated rings. The Labute approximate surface area is 159 Å². The molecule has 4 rings (SSSR count). The van der Waals surface area contributed by atoms with Gasteiger partial charge in [0.1, 0.15) is 11.6 Å². The minimum atomic E-state index is -0.258. The average molecular weight is 393 g/mol. The Morgan fingerprint density at radius 2 is 2.08 bits per heavy atom. The Kier molecular flexibility index (Phi) is 4.51. The van der Waals surface area contributed by atoms with Gasteiger partial charge in [-0.2, -0.15) is 0 Å². The molecule has 134 valence electrons. The van der Waals surface area contributed by atoms with Crippen molar-refractivity contribution in [3.05, 3.63) is 63.5 Å². The number of fused-ring (bicyclic) bond motifs is 3. The van der Waals surface area contributed by atoms with E-state index in [0.717, 1.165) is 22.2 Å². The van der Waals surface area contributed by atoms with Crippen LogP contribution in [0, 0.1) is 5.82 Å². The third kappa shape index (κ3) is 3.24. The Hall–Kier alpha value is -2.24. The lowest BCUT2D eigenvalue weighted by atomic mass is 10.0. The predicted molar refractivity (Wildman–Crippen MR) is 99.3 cm³/mol. The molecular formula is C19H15Cl2FN2O2. The predicted octanol–water partition coefficient (Wildman–Crippen LogP) is 4.58. The van der Waals surface area contributed by atoms with Crippen molar-refractivity contribution in [1.82, 2.24) is 9.88 Å². The number of nitrogens with one attached hydrogen (secondary N) is 1. The van der Waals surface area contributed by atoms with Crippen molar-refractivity contribution in [3.8, 4) is 5.75 Å². The number of aromatic nitrogens is 1. The zero-order valence-electron chi connectivity index (χ0n) is 13.7. The van der Waals surface area contributed by atoms with Crippen LogP contribution < -0.4 is 4.74 Å². The van der Waals surface area contributed by atoms with Crippen molar-refractivity contribution >= 4 is 40.0 Å². The molecule has 4 nitrogen and oxygen atoms in total. The lowest BCUT2D eigenvalue weighted by Crippen LogP contribution is -2.38. The van der Waals surface area contributed by atoms with Gasteiger partial charge >= 0.3 is 0 Å². The minimum absolute atomic E-state index is 0.106. The van der Waals surface area contributed by atoms with Gasteiger partial charge in [0.25, 0.3) is 5.91 Å². The zero-order chi connectivity index (χ0) is 18.3. The number of benzene rings is 2. The van der Waals surface area contributed by atoms with Crippen molar-refractivity contribution in [2.45, 2.75) is 13.0 Å². The fourth-order valence-electron chi connectivity index (χ4n) is 3.25. The number of rotatable bonds is 3. The van der Waals surface area contributed by atoms with Crippen LogP contribution in [-0.2, 0) is 17.8 Å². The van der Waals surface area contributed by atoms with Gasteiger partial charge in [-0.1, -0.05) is 23.2 Å². The van der Waals surface area contributed by atoms with Gasteiger partial charge < -0.3 is 14.6 Å². The first-order valence-corrected chi connectivity index (χ1v) is 8.91. The van der Waals surface area contributed by atoms with E-state index in [1.807, 2.05) is 0 Å². The van der Waals surface area contributed by atoms with Crippen molar-refractivity contribution in [3.63, 3.8) is 0 Å². The number of H-pyrrole nitrogens is 1. The Bertz CT molecular complexity index is 1000. The van der Waals surface area contributed by atoms with E-state index in [4.69, 9.17) is 27.9 Å². The van der Waals surface area contributed by atoms with Crippen LogP contribution in [0.4, 0.5) is 4.39 Å². The molecule has 1 aromatic heterocycles. The molecule has 1 N–H and O–H groups in total. The zero-order valence-corrected chi connectivity index (χ0v) is 15.2. The highest BCUT2D eigenvalue weighted by molar-refractivity contribution is 6.35. The standard InChI is InChI=1S/C19H15Cl2FN2O2/c20-11-1-4-18(15(21)7-11)26-10-19(25)24-6-5-13-14-8-12(22)2-3-16(14)23-17(13)9-24/h1-4,7-8,23H,5-6,9-10H2. The molecule has 2 aromatic carbocycles. The van der Waals surface area contributed by atoms with Crippen molar-refractivity contribution in [1.29, 1.82) is 0 Å². The molecule has 3 aromatic rings. The topological polar surface area (TPSA) is 45.3 Å². The van der Waals surface area contributed by atoms with Gasteiger partial charge in [-0.05, 0) is 48.4 Å². The maximum atomic E-state index is 13.5. The third-order valence-corrected chi connectivity index (χ3v) is 5.07. The number of halogens is 3. The van der Waals surface area contributed by atoms with E-state index in [0.29, 0.717) is 35.3 Å². The molecule has 0 saturated carbocycles. The number of amides is 1. The Morgan fingerprint density at radius 3 is 2.88 bits per heavy atom. The minimum Gasteiger partial charge on any atom is -0.482 e. The van der Waals surface area contributed by atoms with Crippen LogP contribution in [0.25, 0.3) is 10.9 Å². The normalized spacial score (nSPS) is 13.7. The average Bonchev–Trinajstić information content (AvgIpc) is 2.97. The summed E-state index contributed by atoms with van der Waals surface area (Å²) >= 11 is 11.9. The van der Waals surface area contributed by atoms with Gasteiger partial charge in [-0.25, -0.2) is 4.39 Å². The number of carbonyl (C=O) groups excluding carboxylic acids is 1. The quantitative estimate of drug-likeness (QED) is 0.708. The maximum absolute atomic E-state index is 13.5. The van der Waals surface area contributed by atoms with Crippen LogP contribution in [0.5, 0.6) is 5.75 Å². The molecular weight excluding hydrogens is 378 g/mol. The van der Waals surface area contributed by atoms with Crippen LogP contribution in [0.2, 0.25) is 10.0 Å².